The number of Topliss-reactive ketones (excluding diaryl/α,β-unsaturated/α-hetero) is 1. The topological polar surface area (TPSA) is 29.1 Å². The first-order valence-electron chi connectivity index (χ1n) is 7.48. The Morgan fingerprint density at radius 1 is 1.17 bits per heavy atom. The van der Waals surface area contributed by atoms with Crippen LogP contribution in [-0.4, -0.2) is 24.5 Å². The number of carbonyl (C=O) groups is 1. The van der Waals surface area contributed by atoms with E-state index in [0.29, 0.717) is 21.7 Å². The van der Waals surface area contributed by atoms with E-state index in [1.54, 1.807) is 42.5 Å². The van der Waals surface area contributed by atoms with Crippen LogP contribution in [0.4, 0.5) is 8.78 Å². The molecule has 1 aliphatic heterocycles. The summed E-state index contributed by atoms with van der Waals surface area (Å²) in [4.78, 5) is 12.2. The molecule has 0 amide bonds. The van der Waals surface area contributed by atoms with Gasteiger partial charge in [-0.2, -0.15) is 0 Å². The van der Waals surface area contributed by atoms with Crippen LogP contribution in [-0.2, 0) is 11.2 Å². The molecular weight excluding hydrogens is 320 g/mol. The predicted octanol–water partition coefficient (Wildman–Crippen LogP) is 3.96. The second-order valence-electron chi connectivity index (χ2n) is 5.70. The molecule has 0 unspecified atom stereocenters. The third kappa shape index (κ3) is 3.43. The summed E-state index contributed by atoms with van der Waals surface area (Å²) in [7, 11) is 0. The van der Waals surface area contributed by atoms with Crippen molar-refractivity contribution in [3.63, 3.8) is 0 Å². The molecule has 1 heterocycles. The van der Waals surface area contributed by atoms with Gasteiger partial charge in [0.05, 0.1) is 6.04 Å². The molecule has 0 bridgehead atoms. The number of alkyl halides is 1. The lowest BCUT2D eigenvalue weighted by Gasteiger charge is -2.12. The van der Waals surface area contributed by atoms with Gasteiger partial charge in [-0.1, -0.05) is 48.0 Å². The Morgan fingerprint density at radius 3 is 2.61 bits per heavy atom. The summed E-state index contributed by atoms with van der Waals surface area (Å²) >= 11 is 6.12. The summed E-state index contributed by atoms with van der Waals surface area (Å²) in [6.45, 7) is 0.179. The van der Waals surface area contributed by atoms with Gasteiger partial charge in [-0.15, -0.1) is 0 Å². The number of hydrogen-bond donors (Lipinski definition) is 1. The van der Waals surface area contributed by atoms with Gasteiger partial charge in [0.25, 0.3) is 0 Å². The molecule has 2 aromatic carbocycles. The minimum atomic E-state index is -1.01. The molecule has 1 N–H and O–H groups in total. The minimum Gasteiger partial charge on any atom is -0.304 e. The van der Waals surface area contributed by atoms with Crippen molar-refractivity contribution in [1.82, 2.24) is 5.32 Å². The van der Waals surface area contributed by atoms with Gasteiger partial charge < -0.3 is 5.32 Å². The molecule has 2 atom stereocenters. The Morgan fingerprint density at radius 2 is 1.91 bits per heavy atom. The lowest BCUT2D eigenvalue weighted by molar-refractivity contribution is -0.120. The molecule has 3 rings (SSSR count). The van der Waals surface area contributed by atoms with Crippen molar-refractivity contribution < 1.29 is 13.6 Å². The Balaban J connectivity index is 1.86. The third-order valence-electron chi connectivity index (χ3n) is 4.07. The fourth-order valence-corrected chi connectivity index (χ4v) is 3.09. The first kappa shape index (κ1) is 16.1. The number of rotatable bonds is 4. The van der Waals surface area contributed by atoms with Crippen LogP contribution >= 0.6 is 11.6 Å². The summed E-state index contributed by atoms with van der Waals surface area (Å²) in [5.41, 5.74) is 1.25. The predicted molar refractivity (Wildman–Crippen MR) is 86.9 cm³/mol. The zero-order chi connectivity index (χ0) is 16.4. The Hall–Kier alpha value is -1.78. The average molecular weight is 336 g/mol. The molecule has 0 saturated carbocycles. The fourth-order valence-electron chi connectivity index (χ4n) is 2.85. The van der Waals surface area contributed by atoms with Gasteiger partial charge in [0.15, 0.2) is 5.78 Å². The highest BCUT2D eigenvalue weighted by Crippen LogP contribution is 2.31. The van der Waals surface area contributed by atoms with Gasteiger partial charge in [-0.05, 0) is 11.6 Å². The number of halogens is 3. The molecule has 2 nitrogen and oxygen atoms in total. The van der Waals surface area contributed by atoms with Crippen LogP contribution in [0.25, 0.3) is 11.1 Å². The van der Waals surface area contributed by atoms with Crippen molar-refractivity contribution in [2.24, 2.45) is 0 Å². The number of carbonyl (C=O) groups excluding carboxylic acids is 1. The van der Waals surface area contributed by atoms with Crippen molar-refractivity contribution in [1.29, 1.82) is 0 Å². The summed E-state index contributed by atoms with van der Waals surface area (Å²) in [5, 5.41) is 3.28. The Labute approximate surface area is 138 Å². The SMILES string of the molecule is O=C(Cc1cccc(-c2ccccc2Cl)c1F)[C@@H]1C[C@@H](F)CN1. The van der Waals surface area contributed by atoms with Crippen LogP contribution in [0.15, 0.2) is 42.5 Å². The maximum Gasteiger partial charge on any atom is 0.154 e. The molecule has 23 heavy (non-hydrogen) atoms. The highest BCUT2D eigenvalue weighted by molar-refractivity contribution is 6.33. The molecule has 2 aromatic rings. The normalized spacial score (nSPS) is 20.7. The van der Waals surface area contributed by atoms with E-state index in [4.69, 9.17) is 11.6 Å². The number of nitrogens with one attached hydrogen (secondary N) is 1. The number of ketones is 1. The second kappa shape index (κ2) is 6.77. The highest BCUT2D eigenvalue weighted by atomic mass is 35.5. The van der Waals surface area contributed by atoms with E-state index in [2.05, 4.69) is 5.32 Å². The van der Waals surface area contributed by atoms with Gasteiger partial charge in [0, 0.05) is 35.5 Å². The number of hydrogen-bond acceptors (Lipinski definition) is 2. The zero-order valence-electron chi connectivity index (χ0n) is 12.4. The highest BCUT2D eigenvalue weighted by Gasteiger charge is 2.29. The molecule has 1 aliphatic rings. The van der Waals surface area contributed by atoms with Crippen LogP contribution in [0.5, 0.6) is 0 Å². The molecule has 1 fully saturated rings. The van der Waals surface area contributed by atoms with Gasteiger partial charge in [0.2, 0.25) is 0 Å². The van der Waals surface area contributed by atoms with Crippen molar-refractivity contribution in [2.45, 2.75) is 25.1 Å². The van der Waals surface area contributed by atoms with E-state index in [1.807, 2.05) is 0 Å². The van der Waals surface area contributed by atoms with Crippen molar-refractivity contribution in [3.8, 4) is 11.1 Å². The van der Waals surface area contributed by atoms with Gasteiger partial charge in [-0.25, -0.2) is 8.78 Å². The van der Waals surface area contributed by atoms with E-state index in [9.17, 15) is 13.6 Å². The summed E-state index contributed by atoms with van der Waals surface area (Å²) < 4.78 is 27.9. The van der Waals surface area contributed by atoms with Crippen molar-refractivity contribution >= 4 is 17.4 Å². The van der Waals surface area contributed by atoms with Crippen molar-refractivity contribution in [2.75, 3.05) is 6.54 Å². The molecular formula is C18H16ClF2NO. The van der Waals surface area contributed by atoms with Crippen LogP contribution in [0.2, 0.25) is 5.02 Å². The first-order valence-corrected chi connectivity index (χ1v) is 7.86. The van der Waals surface area contributed by atoms with Gasteiger partial charge >= 0.3 is 0 Å². The Kier molecular flexibility index (Phi) is 4.74. The zero-order valence-corrected chi connectivity index (χ0v) is 13.1. The lowest BCUT2D eigenvalue weighted by Crippen LogP contribution is -2.32. The lowest BCUT2D eigenvalue weighted by atomic mass is 9.97. The van der Waals surface area contributed by atoms with Crippen LogP contribution < -0.4 is 5.32 Å². The van der Waals surface area contributed by atoms with Crippen LogP contribution in [0.1, 0.15) is 12.0 Å². The van der Waals surface area contributed by atoms with E-state index >= 15 is 0 Å². The minimum absolute atomic E-state index is 0.0610. The molecule has 0 aliphatic carbocycles. The molecule has 120 valence electrons. The molecule has 0 aromatic heterocycles. The maximum absolute atomic E-state index is 14.8. The molecule has 1 saturated heterocycles. The summed E-state index contributed by atoms with van der Waals surface area (Å²) in [6, 6.07) is 11.4. The quantitative estimate of drug-likeness (QED) is 0.916. The third-order valence-corrected chi connectivity index (χ3v) is 4.40. The van der Waals surface area contributed by atoms with E-state index < -0.39 is 18.0 Å². The van der Waals surface area contributed by atoms with Crippen LogP contribution in [0.3, 0.4) is 0 Å². The van der Waals surface area contributed by atoms with E-state index in [0.717, 1.165) is 0 Å². The molecule has 5 heteroatoms. The number of benzene rings is 2. The van der Waals surface area contributed by atoms with Crippen LogP contribution in [0, 0.1) is 5.82 Å². The smallest absolute Gasteiger partial charge is 0.154 e. The monoisotopic (exact) mass is 335 g/mol. The summed E-state index contributed by atoms with van der Waals surface area (Å²) in [6.07, 6.45) is -0.914. The maximum atomic E-state index is 14.8. The van der Waals surface area contributed by atoms with E-state index in [1.165, 1.54) is 0 Å². The van der Waals surface area contributed by atoms with Crippen molar-refractivity contribution in [3.05, 3.63) is 58.9 Å². The van der Waals surface area contributed by atoms with Gasteiger partial charge in [-0.3, -0.25) is 4.79 Å². The van der Waals surface area contributed by atoms with Gasteiger partial charge in [0.1, 0.15) is 12.0 Å². The first-order chi connectivity index (χ1) is 11.1. The van der Waals surface area contributed by atoms with E-state index in [-0.39, 0.29) is 25.2 Å². The second-order valence-corrected chi connectivity index (χ2v) is 6.10. The summed E-state index contributed by atoms with van der Waals surface area (Å²) in [5.74, 6) is -0.649. The fraction of sp³-hybridized carbons (Fsp3) is 0.278. The standard InChI is InChI=1S/C18H16ClF2NO/c19-15-7-2-1-5-13(15)14-6-3-4-11(18(14)21)8-17(23)16-9-12(20)10-22-16/h1-7,12,16,22H,8-10H2/t12-,16+/m1/s1. The largest absolute Gasteiger partial charge is 0.304 e. The average Bonchev–Trinajstić information content (AvgIpc) is 2.97. The Bertz CT molecular complexity index is 735. The molecule has 0 radical (unpaired) electrons. The molecule has 0 spiro atoms.